The fourth-order valence-corrected chi connectivity index (χ4v) is 2.54. The van der Waals surface area contributed by atoms with E-state index >= 15 is 0 Å². The fraction of sp³-hybridized carbons (Fsp3) is 0.200. The van der Waals surface area contributed by atoms with Crippen LogP contribution in [0.25, 0.3) is 0 Å². The maximum Gasteiger partial charge on any atom is 0.265 e. The van der Waals surface area contributed by atoms with Gasteiger partial charge in [-0.15, -0.1) is 0 Å². The molecular formula is C15H15BrN2O3. The van der Waals surface area contributed by atoms with Gasteiger partial charge >= 0.3 is 0 Å². The van der Waals surface area contributed by atoms with Crippen molar-refractivity contribution in [2.24, 2.45) is 0 Å². The molecule has 5 nitrogen and oxygen atoms in total. The molecule has 0 unspecified atom stereocenters. The van der Waals surface area contributed by atoms with Crippen molar-refractivity contribution < 1.29 is 9.53 Å². The number of methoxy groups -OCH3 is 1. The van der Waals surface area contributed by atoms with Crippen molar-refractivity contribution in [3.63, 3.8) is 0 Å². The van der Waals surface area contributed by atoms with Gasteiger partial charge in [-0.3, -0.25) is 9.59 Å². The van der Waals surface area contributed by atoms with E-state index in [2.05, 4.69) is 21.2 Å². The largest absolute Gasteiger partial charge is 0.495 e. The number of pyridine rings is 1. The molecule has 0 aliphatic rings. The summed E-state index contributed by atoms with van der Waals surface area (Å²) in [6.45, 7) is 1.80. The third-order valence-corrected chi connectivity index (χ3v) is 3.44. The Hall–Kier alpha value is -2.08. The Morgan fingerprint density at radius 3 is 2.81 bits per heavy atom. The number of hydrogen-bond donors (Lipinski definition) is 1. The molecule has 0 spiro atoms. The minimum absolute atomic E-state index is 0.0584. The van der Waals surface area contributed by atoms with Gasteiger partial charge in [0.25, 0.3) is 5.56 Å². The number of benzene rings is 1. The summed E-state index contributed by atoms with van der Waals surface area (Å²) < 4.78 is 6.97. The number of aryl methyl sites for hydroxylation is 1. The van der Waals surface area contributed by atoms with E-state index in [9.17, 15) is 9.59 Å². The normalized spacial score (nSPS) is 10.2. The first-order chi connectivity index (χ1) is 10.0. The molecule has 0 aliphatic carbocycles. The van der Waals surface area contributed by atoms with E-state index in [4.69, 9.17) is 4.74 Å². The molecule has 2 aromatic rings. The number of hydrogen-bond acceptors (Lipinski definition) is 3. The van der Waals surface area contributed by atoms with Crippen LogP contribution in [0.3, 0.4) is 0 Å². The molecule has 0 saturated carbocycles. The molecule has 1 amide bonds. The summed E-state index contributed by atoms with van der Waals surface area (Å²) in [5.41, 5.74) is 1.23. The van der Waals surface area contributed by atoms with Gasteiger partial charge in [0.15, 0.2) is 0 Å². The second-order valence-corrected chi connectivity index (χ2v) is 5.40. The van der Waals surface area contributed by atoms with E-state index < -0.39 is 0 Å². The highest BCUT2D eigenvalue weighted by Crippen LogP contribution is 2.22. The van der Waals surface area contributed by atoms with Gasteiger partial charge in [-0.2, -0.15) is 0 Å². The molecule has 0 radical (unpaired) electrons. The van der Waals surface area contributed by atoms with E-state index in [0.717, 1.165) is 5.56 Å². The van der Waals surface area contributed by atoms with Crippen LogP contribution in [0.2, 0.25) is 0 Å². The summed E-state index contributed by atoms with van der Waals surface area (Å²) in [4.78, 5) is 24.0. The zero-order valence-electron chi connectivity index (χ0n) is 11.7. The molecule has 6 heteroatoms. The highest BCUT2D eigenvalue weighted by Gasteiger charge is 2.10. The second kappa shape index (κ2) is 6.58. The van der Waals surface area contributed by atoms with Crippen LogP contribution in [0, 0.1) is 6.92 Å². The summed E-state index contributed by atoms with van der Waals surface area (Å²) in [6.07, 6.45) is 1.65. The fourth-order valence-electron chi connectivity index (χ4n) is 1.95. The molecule has 1 aromatic heterocycles. The van der Waals surface area contributed by atoms with Crippen LogP contribution in [-0.2, 0) is 11.3 Å². The Bertz CT molecular complexity index is 725. The molecule has 21 heavy (non-hydrogen) atoms. The second-order valence-electron chi connectivity index (χ2n) is 4.55. The highest BCUT2D eigenvalue weighted by molar-refractivity contribution is 9.10. The zero-order chi connectivity index (χ0) is 15.4. The summed E-state index contributed by atoms with van der Waals surface area (Å²) in [5, 5.41) is 2.74. The number of anilines is 1. The highest BCUT2D eigenvalue weighted by atomic mass is 79.9. The van der Waals surface area contributed by atoms with Gasteiger partial charge < -0.3 is 14.6 Å². The van der Waals surface area contributed by atoms with Crippen molar-refractivity contribution in [2.45, 2.75) is 13.5 Å². The lowest BCUT2D eigenvalue weighted by molar-refractivity contribution is -0.116. The van der Waals surface area contributed by atoms with Crippen molar-refractivity contribution in [2.75, 3.05) is 12.4 Å². The number of carbonyl (C=O) groups excluding carboxylic acids is 1. The molecule has 0 bridgehead atoms. The maximum absolute atomic E-state index is 12.1. The van der Waals surface area contributed by atoms with Gasteiger partial charge in [-0.25, -0.2) is 0 Å². The first-order valence-corrected chi connectivity index (χ1v) is 7.10. The minimum Gasteiger partial charge on any atom is -0.495 e. The Morgan fingerprint density at radius 1 is 1.38 bits per heavy atom. The lowest BCUT2D eigenvalue weighted by atomic mass is 10.3. The molecule has 0 aliphatic heterocycles. The van der Waals surface area contributed by atoms with Gasteiger partial charge in [-0.1, -0.05) is 12.1 Å². The van der Waals surface area contributed by atoms with Gasteiger partial charge in [0.2, 0.25) is 5.91 Å². The van der Waals surface area contributed by atoms with Crippen LogP contribution in [0.5, 0.6) is 5.75 Å². The van der Waals surface area contributed by atoms with Gasteiger partial charge in [-0.05, 0) is 46.6 Å². The Kier molecular flexibility index (Phi) is 4.80. The van der Waals surface area contributed by atoms with E-state index in [1.807, 2.05) is 13.0 Å². The quantitative estimate of drug-likeness (QED) is 0.921. The van der Waals surface area contributed by atoms with Crippen LogP contribution in [-0.4, -0.2) is 17.6 Å². The van der Waals surface area contributed by atoms with Crippen molar-refractivity contribution in [1.82, 2.24) is 4.57 Å². The number of halogens is 1. The van der Waals surface area contributed by atoms with Crippen LogP contribution >= 0.6 is 15.9 Å². The molecule has 110 valence electrons. The minimum atomic E-state index is -0.292. The first-order valence-electron chi connectivity index (χ1n) is 6.30. The predicted molar refractivity (Wildman–Crippen MR) is 84.8 cm³/mol. The number of ether oxygens (including phenoxy) is 1. The third-order valence-electron chi connectivity index (χ3n) is 2.87. The molecule has 0 saturated heterocycles. The van der Waals surface area contributed by atoms with Crippen molar-refractivity contribution in [3.8, 4) is 5.75 Å². The smallest absolute Gasteiger partial charge is 0.265 e. The first kappa shape index (κ1) is 15.3. The molecule has 0 fully saturated rings. The third kappa shape index (κ3) is 3.72. The number of carbonyl (C=O) groups is 1. The number of rotatable bonds is 4. The van der Waals surface area contributed by atoms with Crippen LogP contribution in [0.15, 0.2) is 45.8 Å². The monoisotopic (exact) mass is 350 g/mol. The Labute approximate surface area is 130 Å². The lowest BCUT2D eigenvalue weighted by Gasteiger charge is -2.11. The number of nitrogens with zero attached hydrogens (tertiary/aromatic N) is 1. The molecular weight excluding hydrogens is 336 g/mol. The number of nitrogens with one attached hydrogen (secondary N) is 1. The average molecular weight is 351 g/mol. The number of amides is 1. The van der Waals surface area contributed by atoms with Gasteiger partial charge in [0.05, 0.1) is 17.3 Å². The van der Waals surface area contributed by atoms with Crippen LogP contribution in [0.4, 0.5) is 5.69 Å². The van der Waals surface area contributed by atoms with Crippen LogP contribution in [0.1, 0.15) is 5.56 Å². The SMILES string of the molecule is COc1ccccc1NC(=O)Cn1cc(C)cc(Br)c1=O. The van der Waals surface area contributed by atoms with E-state index in [-0.39, 0.29) is 18.0 Å². The topological polar surface area (TPSA) is 60.3 Å². The van der Waals surface area contributed by atoms with Crippen molar-refractivity contribution >= 4 is 27.5 Å². The summed E-state index contributed by atoms with van der Waals surface area (Å²) >= 11 is 3.19. The van der Waals surface area contributed by atoms with Crippen molar-refractivity contribution in [3.05, 3.63) is 56.9 Å². The molecule has 0 atom stereocenters. The van der Waals surface area contributed by atoms with Gasteiger partial charge in [0, 0.05) is 6.20 Å². The standard InChI is InChI=1S/C15H15BrN2O3/c1-10-7-11(16)15(20)18(8-10)9-14(19)17-12-5-3-4-6-13(12)21-2/h3-8H,9H2,1-2H3,(H,17,19). The molecule has 1 N–H and O–H groups in total. The lowest BCUT2D eigenvalue weighted by Crippen LogP contribution is -2.28. The van der Waals surface area contributed by atoms with E-state index in [1.54, 1.807) is 30.5 Å². The Morgan fingerprint density at radius 2 is 2.10 bits per heavy atom. The predicted octanol–water partition coefficient (Wildman–Crippen LogP) is 2.57. The summed E-state index contributed by atoms with van der Waals surface area (Å²) in [7, 11) is 1.53. The average Bonchev–Trinajstić information content (AvgIpc) is 2.44. The van der Waals surface area contributed by atoms with E-state index in [1.165, 1.54) is 11.7 Å². The molecule has 1 aromatic carbocycles. The Balaban J connectivity index is 2.18. The molecule has 1 heterocycles. The number of para-hydroxylation sites is 2. The summed E-state index contributed by atoms with van der Waals surface area (Å²) in [5.74, 6) is 0.280. The van der Waals surface area contributed by atoms with Crippen LogP contribution < -0.4 is 15.6 Å². The zero-order valence-corrected chi connectivity index (χ0v) is 13.3. The van der Waals surface area contributed by atoms with E-state index in [0.29, 0.717) is 15.9 Å². The number of aromatic nitrogens is 1. The summed E-state index contributed by atoms with van der Waals surface area (Å²) in [6, 6.07) is 8.83. The maximum atomic E-state index is 12.1. The molecule has 2 rings (SSSR count). The van der Waals surface area contributed by atoms with Crippen molar-refractivity contribution in [1.29, 1.82) is 0 Å². The van der Waals surface area contributed by atoms with Gasteiger partial charge in [0.1, 0.15) is 12.3 Å².